The molecule has 2 N–H and O–H groups in total. The van der Waals surface area contributed by atoms with Gasteiger partial charge in [0.1, 0.15) is 23.0 Å². The fourth-order valence-corrected chi connectivity index (χ4v) is 5.33. The van der Waals surface area contributed by atoms with Crippen LogP contribution in [-0.4, -0.2) is 20.0 Å². The van der Waals surface area contributed by atoms with Gasteiger partial charge in [0, 0.05) is 11.6 Å². The second kappa shape index (κ2) is 5.62. The highest BCUT2D eigenvalue weighted by Crippen LogP contribution is 2.42. The van der Waals surface area contributed by atoms with Crippen LogP contribution >= 0.6 is 0 Å². The summed E-state index contributed by atoms with van der Waals surface area (Å²) < 4.78 is 52.2. The summed E-state index contributed by atoms with van der Waals surface area (Å²) in [6.45, 7) is 2.98. The van der Waals surface area contributed by atoms with Gasteiger partial charge in [0.15, 0.2) is 14.6 Å². The van der Waals surface area contributed by atoms with E-state index in [4.69, 9.17) is 5.73 Å². The molecule has 25 heavy (non-hydrogen) atoms. The van der Waals surface area contributed by atoms with E-state index < -0.39 is 37.5 Å². The number of nitrogens with two attached hydrogens (primary N) is 1. The van der Waals surface area contributed by atoms with Crippen LogP contribution < -0.4 is 5.73 Å². The second-order valence-electron chi connectivity index (χ2n) is 6.55. The largest absolute Gasteiger partial charge is 0.386 e. The van der Waals surface area contributed by atoms with Gasteiger partial charge in [-0.1, -0.05) is 36.4 Å². The molecule has 3 rings (SSSR count). The maximum Gasteiger partial charge on any atom is 0.169 e. The quantitative estimate of drug-likeness (QED) is 0.891. The number of aliphatic imine (C=N–C) groups is 1. The van der Waals surface area contributed by atoms with E-state index in [0.717, 1.165) is 6.07 Å². The third-order valence-corrected chi connectivity index (χ3v) is 7.42. The van der Waals surface area contributed by atoms with E-state index in [1.54, 1.807) is 30.3 Å². The Labute approximate surface area is 145 Å². The first kappa shape index (κ1) is 17.5. The molecule has 1 heterocycles. The van der Waals surface area contributed by atoms with Crippen molar-refractivity contribution < 1.29 is 17.2 Å². The fraction of sp³-hybridized carbons (Fsp3) is 0.278. The molecule has 7 heteroatoms. The summed E-state index contributed by atoms with van der Waals surface area (Å²) in [7, 11) is -3.82. The van der Waals surface area contributed by atoms with Crippen LogP contribution in [0.3, 0.4) is 0 Å². The Morgan fingerprint density at radius 2 is 1.72 bits per heavy atom. The van der Waals surface area contributed by atoms with Gasteiger partial charge in [0.25, 0.3) is 0 Å². The standard InChI is InChI=1S/C18H18F2N2O2S/c1-17(14-9-8-13(19)10-15(14)20)11-25(23,24)18(2,16(21)22-17)12-6-4-3-5-7-12/h3-10H,11H2,1-2H3,(H2,21,22). The maximum absolute atomic E-state index is 14.2. The van der Waals surface area contributed by atoms with Crippen molar-refractivity contribution in [1.82, 2.24) is 0 Å². The second-order valence-corrected chi connectivity index (χ2v) is 8.89. The molecular formula is C18H18F2N2O2S. The number of hydrogen-bond donors (Lipinski definition) is 1. The summed E-state index contributed by atoms with van der Waals surface area (Å²) in [6, 6.07) is 11.5. The third kappa shape index (κ3) is 2.63. The Morgan fingerprint density at radius 3 is 2.28 bits per heavy atom. The van der Waals surface area contributed by atoms with E-state index in [1.807, 2.05) is 0 Å². The van der Waals surface area contributed by atoms with Crippen LogP contribution in [0, 0.1) is 11.6 Å². The van der Waals surface area contributed by atoms with Crippen LogP contribution in [-0.2, 0) is 20.1 Å². The molecule has 0 spiro atoms. The van der Waals surface area contributed by atoms with Gasteiger partial charge in [-0.2, -0.15) is 0 Å². The summed E-state index contributed by atoms with van der Waals surface area (Å²) in [6.07, 6.45) is 0. The topological polar surface area (TPSA) is 72.5 Å². The lowest BCUT2D eigenvalue weighted by Crippen LogP contribution is -2.54. The van der Waals surface area contributed by atoms with Gasteiger partial charge in [-0.15, -0.1) is 0 Å². The van der Waals surface area contributed by atoms with Crippen molar-refractivity contribution in [1.29, 1.82) is 0 Å². The molecule has 4 nitrogen and oxygen atoms in total. The lowest BCUT2D eigenvalue weighted by atomic mass is 9.92. The molecule has 2 aromatic carbocycles. The molecule has 1 aliphatic heterocycles. The summed E-state index contributed by atoms with van der Waals surface area (Å²) in [5.41, 5.74) is 5.16. The van der Waals surface area contributed by atoms with Gasteiger partial charge in [0.05, 0.1) is 5.75 Å². The van der Waals surface area contributed by atoms with E-state index in [1.165, 1.54) is 19.9 Å². The molecule has 0 bridgehead atoms. The van der Waals surface area contributed by atoms with Gasteiger partial charge in [0.2, 0.25) is 0 Å². The van der Waals surface area contributed by atoms with Crippen LogP contribution in [0.25, 0.3) is 0 Å². The number of nitrogens with zero attached hydrogens (tertiary/aromatic N) is 1. The van der Waals surface area contributed by atoms with Gasteiger partial charge in [-0.25, -0.2) is 17.2 Å². The van der Waals surface area contributed by atoms with Crippen molar-refractivity contribution in [3.05, 3.63) is 71.3 Å². The maximum atomic E-state index is 14.2. The lowest BCUT2D eigenvalue weighted by Gasteiger charge is -2.40. The molecule has 0 aromatic heterocycles. The van der Waals surface area contributed by atoms with E-state index in [0.29, 0.717) is 11.6 Å². The van der Waals surface area contributed by atoms with Gasteiger partial charge in [-0.3, -0.25) is 4.99 Å². The van der Waals surface area contributed by atoms with Crippen molar-refractivity contribution in [3.8, 4) is 0 Å². The average molecular weight is 364 g/mol. The zero-order chi connectivity index (χ0) is 18.5. The molecule has 0 aliphatic carbocycles. The highest BCUT2D eigenvalue weighted by Gasteiger charge is 2.53. The highest BCUT2D eigenvalue weighted by atomic mass is 32.2. The summed E-state index contributed by atoms with van der Waals surface area (Å²) >= 11 is 0. The number of rotatable bonds is 2. The minimum absolute atomic E-state index is 0.00413. The predicted octanol–water partition coefficient (Wildman–Crippen LogP) is 2.88. The van der Waals surface area contributed by atoms with Crippen LogP contribution in [0.15, 0.2) is 53.5 Å². The smallest absolute Gasteiger partial charge is 0.169 e. The Bertz CT molecular complexity index is 960. The zero-order valence-electron chi connectivity index (χ0n) is 13.8. The number of sulfone groups is 1. The normalized spacial score (nSPS) is 28.4. The Balaban J connectivity index is 2.21. The molecular weight excluding hydrogens is 346 g/mol. The monoisotopic (exact) mass is 364 g/mol. The van der Waals surface area contributed by atoms with Gasteiger partial charge >= 0.3 is 0 Å². The number of amidine groups is 1. The molecule has 0 saturated carbocycles. The van der Waals surface area contributed by atoms with Crippen molar-refractivity contribution in [2.45, 2.75) is 24.1 Å². The number of hydrogen-bond acceptors (Lipinski definition) is 4. The van der Waals surface area contributed by atoms with Crippen LogP contribution in [0.4, 0.5) is 8.78 Å². The summed E-state index contributed by atoms with van der Waals surface area (Å²) in [4.78, 5) is 4.35. The SMILES string of the molecule is CC1(c2ccc(F)cc2F)CS(=O)(=O)C(C)(c2ccccc2)C(N)=N1. The first-order chi connectivity index (χ1) is 11.6. The average Bonchev–Trinajstić information content (AvgIpc) is 2.52. The van der Waals surface area contributed by atoms with Crippen LogP contribution in [0.5, 0.6) is 0 Å². The molecule has 132 valence electrons. The van der Waals surface area contributed by atoms with Crippen LogP contribution in [0.2, 0.25) is 0 Å². The van der Waals surface area contributed by atoms with Crippen molar-refractivity contribution >= 4 is 15.7 Å². The number of benzene rings is 2. The zero-order valence-corrected chi connectivity index (χ0v) is 14.6. The van der Waals surface area contributed by atoms with E-state index >= 15 is 0 Å². The molecule has 2 atom stereocenters. The van der Waals surface area contributed by atoms with Gasteiger partial charge in [-0.05, 0) is 25.5 Å². The molecule has 0 radical (unpaired) electrons. The first-order valence-corrected chi connectivity index (χ1v) is 9.34. The number of halogens is 2. The Morgan fingerprint density at radius 1 is 1.08 bits per heavy atom. The van der Waals surface area contributed by atoms with E-state index in [-0.39, 0.29) is 11.4 Å². The molecule has 1 aliphatic rings. The van der Waals surface area contributed by atoms with Gasteiger partial charge < -0.3 is 5.73 Å². The Hall–Kier alpha value is -2.28. The van der Waals surface area contributed by atoms with E-state index in [9.17, 15) is 17.2 Å². The van der Waals surface area contributed by atoms with Crippen molar-refractivity contribution in [3.63, 3.8) is 0 Å². The van der Waals surface area contributed by atoms with Crippen molar-refractivity contribution in [2.75, 3.05) is 5.75 Å². The summed E-state index contributed by atoms with van der Waals surface area (Å²) in [5, 5.41) is 0. The molecule has 2 aromatic rings. The minimum Gasteiger partial charge on any atom is -0.386 e. The molecule has 0 amide bonds. The lowest BCUT2D eigenvalue weighted by molar-refractivity contribution is 0.469. The fourth-order valence-electron chi connectivity index (χ4n) is 3.23. The first-order valence-electron chi connectivity index (χ1n) is 7.69. The minimum atomic E-state index is -3.82. The van der Waals surface area contributed by atoms with E-state index in [2.05, 4.69) is 4.99 Å². The molecule has 2 unspecified atom stereocenters. The molecule has 0 saturated heterocycles. The third-order valence-electron chi connectivity index (χ3n) is 4.79. The predicted molar refractivity (Wildman–Crippen MR) is 92.9 cm³/mol. The summed E-state index contributed by atoms with van der Waals surface area (Å²) in [5.74, 6) is -2.14. The Kier molecular flexibility index (Phi) is 3.95. The van der Waals surface area contributed by atoms with Crippen LogP contribution in [0.1, 0.15) is 25.0 Å². The highest BCUT2D eigenvalue weighted by molar-refractivity contribution is 7.93. The van der Waals surface area contributed by atoms with Crippen molar-refractivity contribution in [2.24, 2.45) is 10.7 Å². The molecule has 0 fully saturated rings.